The Labute approximate surface area is 68.1 Å². The summed E-state index contributed by atoms with van der Waals surface area (Å²) in [7, 11) is 0. The van der Waals surface area contributed by atoms with Gasteiger partial charge in [-0.05, 0) is 19.9 Å². The molecule has 0 saturated carbocycles. The lowest BCUT2D eigenvalue weighted by atomic mass is 10.4. The van der Waals surface area contributed by atoms with Crippen LogP contribution in [0.3, 0.4) is 0 Å². The van der Waals surface area contributed by atoms with Crippen molar-refractivity contribution in [2.24, 2.45) is 0 Å². The molecule has 0 bridgehead atoms. The minimum Gasteiger partial charge on any atom is -0.462 e. The van der Waals surface area contributed by atoms with Crippen molar-refractivity contribution in [1.29, 1.82) is 0 Å². The van der Waals surface area contributed by atoms with Gasteiger partial charge < -0.3 is 10.1 Å². The summed E-state index contributed by atoms with van der Waals surface area (Å²) in [6.07, 6.45) is 1.09. The molecular formula is C8H17NO2. The first-order valence-electron chi connectivity index (χ1n) is 4.04. The van der Waals surface area contributed by atoms with Crippen molar-refractivity contribution in [1.82, 2.24) is 5.32 Å². The molecule has 0 aromatic rings. The van der Waals surface area contributed by atoms with Crippen LogP contribution in [0.25, 0.3) is 0 Å². The lowest BCUT2D eigenvalue weighted by molar-refractivity contribution is -0.145. The molecule has 1 atom stereocenters. The SMILES string of the molecule is CCCNCC(C)OC(C)=O. The van der Waals surface area contributed by atoms with Gasteiger partial charge in [0.15, 0.2) is 0 Å². The first kappa shape index (κ1) is 10.4. The standard InChI is InChI=1S/C8H17NO2/c1-4-5-9-6-7(2)11-8(3)10/h7,9H,4-6H2,1-3H3. The van der Waals surface area contributed by atoms with E-state index in [4.69, 9.17) is 4.74 Å². The average molecular weight is 159 g/mol. The van der Waals surface area contributed by atoms with Crippen molar-refractivity contribution in [3.8, 4) is 0 Å². The topological polar surface area (TPSA) is 38.3 Å². The summed E-state index contributed by atoms with van der Waals surface area (Å²) >= 11 is 0. The van der Waals surface area contributed by atoms with E-state index in [0.29, 0.717) is 0 Å². The van der Waals surface area contributed by atoms with Crippen molar-refractivity contribution in [3.63, 3.8) is 0 Å². The zero-order chi connectivity index (χ0) is 8.69. The monoisotopic (exact) mass is 159 g/mol. The third-order valence-corrected chi connectivity index (χ3v) is 1.23. The molecule has 3 nitrogen and oxygen atoms in total. The predicted octanol–water partition coefficient (Wildman–Crippen LogP) is 0.938. The highest BCUT2D eigenvalue weighted by atomic mass is 16.5. The summed E-state index contributed by atoms with van der Waals surface area (Å²) in [4.78, 5) is 10.4. The van der Waals surface area contributed by atoms with E-state index >= 15 is 0 Å². The van der Waals surface area contributed by atoms with Crippen molar-refractivity contribution in [2.75, 3.05) is 13.1 Å². The second-order valence-electron chi connectivity index (χ2n) is 2.62. The Morgan fingerprint density at radius 3 is 2.73 bits per heavy atom. The molecule has 0 fully saturated rings. The number of nitrogens with one attached hydrogen (secondary N) is 1. The molecule has 0 amide bonds. The van der Waals surface area contributed by atoms with Crippen LogP contribution >= 0.6 is 0 Å². The molecule has 0 heterocycles. The number of carbonyl (C=O) groups excluding carboxylic acids is 1. The lowest BCUT2D eigenvalue weighted by Crippen LogP contribution is -2.28. The van der Waals surface area contributed by atoms with Gasteiger partial charge in [0.2, 0.25) is 0 Å². The van der Waals surface area contributed by atoms with E-state index in [2.05, 4.69) is 12.2 Å². The van der Waals surface area contributed by atoms with Crippen molar-refractivity contribution in [3.05, 3.63) is 0 Å². The third-order valence-electron chi connectivity index (χ3n) is 1.23. The molecule has 0 aromatic carbocycles. The molecule has 0 spiro atoms. The summed E-state index contributed by atoms with van der Waals surface area (Å²) < 4.78 is 4.90. The van der Waals surface area contributed by atoms with Gasteiger partial charge in [0, 0.05) is 13.5 Å². The van der Waals surface area contributed by atoms with Gasteiger partial charge in [0.05, 0.1) is 0 Å². The molecule has 0 aliphatic carbocycles. The third kappa shape index (κ3) is 7.33. The number of ether oxygens (including phenoxy) is 1. The molecule has 0 radical (unpaired) electrons. The van der Waals surface area contributed by atoms with Crippen LogP contribution in [0.15, 0.2) is 0 Å². The second kappa shape index (κ2) is 6.16. The average Bonchev–Trinajstić information content (AvgIpc) is 1.86. The largest absolute Gasteiger partial charge is 0.462 e. The van der Waals surface area contributed by atoms with Gasteiger partial charge in [-0.25, -0.2) is 0 Å². The zero-order valence-corrected chi connectivity index (χ0v) is 7.52. The van der Waals surface area contributed by atoms with E-state index in [1.54, 1.807) is 0 Å². The molecular weight excluding hydrogens is 142 g/mol. The van der Waals surface area contributed by atoms with E-state index in [-0.39, 0.29) is 12.1 Å². The van der Waals surface area contributed by atoms with Gasteiger partial charge in [0.25, 0.3) is 0 Å². The molecule has 0 aliphatic rings. The first-order valence-corrected chi connectivity index (χ1v) is 4.04. The summed E-state index contributed by atoms with van der Waals surface area (Å²) in [6, 6.07) is 0. The maximum atomic E-state index is 10.4. The van der Waals surface area contributed by atoms with Gasteiger partial charge in [0.1, 0.15) is 6.10 Å². The normalized spacial score (nSPS) is 12.6. The number of rotatable bonds is 5. The minimum absolute atomic E-state index is 0.0148. The lowest BCUT2D eigenvalue weighted by Gasteiger charge is -2.11. The molecule has 1 unspecified atom stereocenters. The molecule has 11 heavy (non-hydrogen) atoms. The molecule has 0 rings (SSSR count). The maximum absolute atomic E-state index is 10.4. The van der Waals surface area contributed by atoms with Crippen molar-refractivity contribution < 1.29 is 9.53 Å². The summed E-state index contributed by atoms with van der Waals surface area (Å²) in [5.41, 5.74) is 0. The Hall–Kier alpha value is -0.570. The molecule has 0 aromatic heterocycles. The van der Waals surface area contributed by atoms with Crippen LogP contribution in [0, 0.1) is 0 Å². The highest BCUT2D eigenvalue weighted by molar-refractivity contribution is 5.66. The summed E-state index contributed by atoms with van der Waals surface area (Å²) in [6.45, 7) is 7.13. The van der Waals surface area contributed by atoms with Gasteiger partial charge in [-0.15, -0.1) is 0 Å². The maximum Gasteiger partial charge on any atom is 0.302 e. The fourth-order valence-corrected chi connectivity index (χ4v) is 0.807. The Balaban J connectivity index is 3.22. The van der Waals surface area contributed by atoms with Crippen molar-refractivity contribution in [2.45, 2.75) is 33.3 Å². The fraction of sp³-hybridized carbons (Fsp3) is 0.875. The minimum atomic E-state index is -0.212. The smallest absolute Gasteiger partial charge is 0.302 e. The van der Waals surface area contributed by atoms with Crippen LogP contribution < -0.4 is 5.32 Å². The van der Waals surface area contributed by atoms with E-state index in [9.17, 15) is 4.79 Å². The van der Waals surface area contributed by atoms with Gasteiger partial charge >= 0.3 is 5.97 Å². The van der Waals surface area contributed by atoms with Gasteiger partial charge in [-0.3, -0.25) is 4.79 Å². The highest BCUT2D eigenvalue weighted by Gasteiger charge is 2.02. The summed E-state index contributed by atoms with van der Waals surface area (Å²) in [5.74, 6) is -0.212. The molecule has 0 saturated heterocycles. The quantitative estimate of drug-likeness (QED) is 0.479. The van der Waals surface area contributed by atoms with Crippen LogP contribution in [0.2, 0.25) is 0 Å². The molecule has 0 aliphatic heterocycles. The molecule has 66 valence electrons. The van der Waals surface area contributed by atoms with Crippen molar-refractivity contribution >= 4 is 5.97 Å². The number of hydrogen-bond donors (Lipinski definition) is 1. The number of hydrogen-bond acceptors (Lipinski definition) is 3. The van der Waals surface area contributed by atoms with Crippen LogP contribution in [0.4, 0.5) is 0 Å². The van der Waals surface area contributed by atoms with E-state index in [1.807, 2.05) is 6.92 Å². The Kier molecular flexibility index (Phi) is 5.84. The second-order valence-corrected chi connectivity index (χ2v) is 2.62. The van der Waals surface area contributed by atoms with Gasteiger partial charge in [-0.2, -0.15) is 0 Å². The van der Waals surface area contributed by atoms with Crippen LogP contribution in [0.5, 0.6) is 0 Å². The summed E-state index contributed by atoms with van der Waals surface area (Å²) in [5, 5.41) is 3.16. The zero-order valence-electron chi connectivity index (χ0n) is 7.52. The van der Waals surface area contributed by atoms with Crippen LogP contribution in [0.1, 0.15) is 27.2 Å². The predicted molar refractivity (Wildman–Crippen MR) is 44.4 cm³/mol. The Bertz CT molecular complexity index is 115. The van der Waals surface area contributed by atoms with Crippen LogP contribution in [-0.2, 0) is 9.53 Å². The van der Waals surface area contributed by atoms with Crippen LogP contribution in [-0.4, -0.2) is 25.2 Å². The molecule has 3 heteroatoms. The first-order chi connectivity index (χ1) is 5.16. The van der Waals surface area contributed by atoms with E-state index in [1.165, 1.54) is 6.92 Å². The van der Waals surface area contributed by atoms with Gasteiger partial charge in [-0.1, -0.05) is 6.92 Å². The number of esters is 1. The fourth-order valence-electron chi connectivity index (χ4n) is 0.807. The molecule has 1 N–H and O–H groups in total. The van der Waals surface area contributed by atoms with E-state index in [0.717, 1.165) is 19.5 Å². The number of carbonyl (C=O) groups is 1. The highest BCUT2D eigenvalue weighted by Crippen LogP contribution is 1.88. The Morgan fingerprint density at radius 1 is 1.64 bits per heavy atom. The van der Waals surface area contributed by atoms with E-state index < -0.39 is 0 Å². The Morgan fingerprint density at radius 2 is 2.27 bits per heavy atom.